The number of carbonyl (C=O) groups is 2. The fourth-order valence-electron chi connectivity index (χ4n) is 1.53. The van der Waals surface area contributed by atoms with Gasteiger partial charge in [0.25, 0.3) is 0 Å². The molecule has 6 nitrogen and oxygen atoms in total. The first-order valence-corrected chi connectivity index (χ1v) is 7.20. The number of amides is 2. The maximum absolute atomic E-state index is 11.6. The molecule has 2 N–H and O–H groups in total. The number of pyridine rings is 1. The monoisotopic (exact) mass is 360 g/mol. The Labute approximate surface area is 135 Å². The summed E-state index contributed by atoms with van der Waals surface area (Å²) >= 11 is 3.32. The average molecular weight is 361 g/mol. The second-order valence-corrected chi connectivity index (χ2v) is 5.20. The van der Waals surface area contributed by atoms with Crippen LogP contribution < -0.4 is 10.7 Å². The van der Waals surface area contributed by atoms with Gasteiger partial charge in [-0.05, 0) is 35.4 Å². The Morgan fingerprint density at radius 2 is 1.77 bits per heavy atom. The van der Waals surface area contributed by atoms with Crippen LogP contribution in [0.5, 0.6) is 0 Å². The minimum atomic E-state index is -0.817. The smallest absolute Gasteiger partial charge is 0.329 e. The summed E-state index contributed by atoms with van der Waals surface area (Å²) in [6, 6.07) is 10.9. The van der Waals surface area contributed by atoms with Crippen LogP contribution in [0.15, 0.2) is 58.4 Å². The Kier molecular flexibility index (Phi) is 5.79. The summed E-state index contributed by atoms with van der Waals surface area (Å²) in [5.41, 5.74) is 3.84. The minimum Gasteiger partial charge on any atom is -0.344 e. The van der Waals surface area contributed by atoms with Crippen LogP contribution in [0.3, 0.4) is 0 Å². The van der Waals surface area contributed by atoms with Gasteiger partial charge in [0.1, 0.15) is 0 Å². The molecule has 0 saturated carbocycles. The molecule has 2 rings (SSSR count). The third-order valence-corrected chi connectivity index (χ3v) is 3.19. The summed E-state index contributed by atoms with van der Waals surface area (Å²) in [4.78, 5) is 27.0. The zero-order chi connectivity index (χ0) is 15.8. The van der Waals surface area contributed by atoms with Crippen LogP contribution >= 0.6 is 15.9 Å². The third-order valence-electron chi connectivity index (χ3n) is 2.66. The summed E-state index contributed by atoms with van der Waals surface area (Å²) in [6.45, 7) is 0.255. The minimum absolute atomic E-state index is 0.255. The van der Waals surface area contributed by atoms with E-state index < -0.39 is 11.8 Å². The maximum atomic E-state index is 11.6. The first-order chi connectivity index (χ1) is 10.6. The van der Waals surface area contributed by atoms with Crippen LogP contribution in [-0.4, -0.2) is 23.0 Å². The van der Waals surface area contributed by atoms with Crippen LogP contribution in [0, 0.1) is 0 Å². The molecule has 7 heteroatoms. The molecule has 0 atom stereocenters. The lowest BCUT2D eigenvalue weighted by atomic mass is 10.2. The van der Waals surface area contributed by atoms with Gasteiger partial charge in [-0.25, -0.2) is 5.43 Å². The highest BCUT2D eigenvalue weighted by Gasteiger charge is 2.11. The van der Waals surface area contributed by atoms with Crippen LogP contribution in [-0.2, 0) is 16.1 Å². The van der Waals surface area contributed by atoms with Crippen molar-refractivity contribution >= 4 is 34.0 Å². The topological polar surface area (TPSA) is 83.5 Å². The number of aromatic nitrogens is 1. The Bertz CT molecular complexity index is 672. The fraction of sp³-hybridized carbons (Fsp3) is 0.0667. The highest BCUT2D eigenvalue weighted by Crippen LogP contribution is 2.08. The summed E-state index contributed by atoms with van der Waals surface area (Å²) in [6.07, 6.45) is 4.69. The highest BCUT2D eigenvalue weighted by molar-refractivity contribution is 9.10. The van der Waals surface area contributed by atoms with Gasteiger partial charge in [0.15, 0.2) is 0 Å². The molecule has 2 amide bonds. The molecule has 0 bridgehead atoms. The molecule has 22 heavy (non-hydrogen) atoms. The number of hydrogen-bond acceptors (Lipinski definition) is 4. The summed E-state index contributed by atoms with van der Waals surface area (Å²) in [7, 11) is 0. The van der Waals surface area contributed by atoms with Crippen molar-refractivity contribution in [3.05, 3.63) is 64.4 Å². The van der Waals surface area contributed by atoms with Crippen molar-refractivity contribution in [2.75, 3.05) is 0 Å². The largest absolute Gasteiger partial charge is 0.344 e. The van der Waals surface area contributed by atoms with E-state index in [1.165, 1.54) is 6.21 Å². The van der Waals surface area contributed by atoms with E-state index in [9.17, 15) is 9.59 Å². The van der Waals surface area contributed by atoms with E-state index in [1.807, 2.05) is 24.3 Å². The molecular weight excluding hydrogens is 348 g/mol. The van der Waals surface area contributed by atoms with Gasteiger partial charge < -0.3 is 5.32 Å². The van der Waals surface area contributed by atoms with Gasteiger partial charge in [-0.2, -0.15) is 5.10 Å². The number of halogens is 1. The Balaban J connectivity index is 1.79. The van der Waals surface area contributed by atoms with E-state index in [0.29, 0.717) is 0 Å². The van der Waals surface area contributed by atoms with Crippen LogP contribution in [0.4, 0.5) is 0 Å². The normalized spacial score (nSPS) is 10.4. The third kappa shape index (κ3) is 5.10. The van der Waals surface area contributed by atoms with Crippen LogP contribution in [0.25, 0.3) is 0 Å². The van der Waals surface area contributed by atoms with E-state index in [-0.39, 0.29) is 6.54 Å². The lowest BCUT2D eigenvalue weighted by Crippen LogP contribution is -2.37. The van der Waals surface area contributed by atoms with Crippen LogP contribution in [0.1, 0.15) is 11.1 Å². The number of rotatable bonds is 4. The summed E-state index contributed by atoms with van der Waals surface area (Å²) in [5.74, 6) is -1.56. The predicted octanol–water partition coefficient (Wildman–Crippen LogP) is 1.61. The Morgan fingerprint density at radius 3 is 2.45 bits per heavy atom. The van der Waals surface area contributed by atoms with Crippen molar-refractivity contribution in [1.29, 1.82) is 0 Å². The van der Waals surface area contributed by atoms with Crippen molar-refractivity contribution in [2.24, 2.45) is 5.10 Å². The second-order valence-electron chi connectivity index (χ2n) is 4.29. The number of benzene rings is 1. The molecule has 0 unspecified atom stereocenters. The van der Waals surface area contributed by atoms with E-state index >= 15 is 0 Å². The Morgan fingerprint density at radius 1 is 1.09 bits per heavy atom. The first kappa shape index (κ1) is 15.8. The molecule has 0 fully saturated rings. The molecule has 0 aliphatic rings. The second kappa shape index (κ2) is 8.04. The van der Waals surface area contributed by atoms with Gasteiger partial charge in [0.2, 0.25) is 0 Å². The van der Waals surface area contributed by atoms with E-state index in [0.717, 1.165) is 15.6 Å². The van der Waals surface area contributed by atoms with Gasteiger partial charge in [-0.1, -0.05) is 28.1 Å². The van der Waals surface area contributed by atoms with Gasteiger partial charge in [-0.15, -0.1) is 0 Å². The van der Waals surface area contributed by atoms with Crippen molar-refractivity contribution in [3.8, 4) is 0 Å². The fourth-order valence-corrected chi connectivity index (χ4v) is 1.79. The molecule has 2 aromatic rings. The quantitative estimate of drug-likeness (QED) is 0.493. The molecule has 0 saturated heterocycles. The van der Waals surface area contributed by atoms with Crippen molar-refractivity contribution in [1.82, 2.24) is 15.7 Å². The van der Waals surface area contributed by atoms with E-state index in [2.05, 4.69) is 36.8 Å². The van der Waals surface area contributed by atoms with Gasteiger partial charge in [0, 0.05) is 23.4 Å². The number of nitrogens with zero attached hydrogens (tertiary/aromatic N) is 2. The van der Waals surface area contributed by atoms with E-state index in [4.69, 9.17) is 0 Å². The lowest BCUT2D eigenvalue weighted by molar-refractivity contribution is -0.139. The van der Waals surface area contributed by atoms with E-state index in [1.54, 1.807) is 24.5 Å². The summed E-state index contributed by atoms with van der Waals surface area (Å²) in [5, 5.41) is 6.23. The number of hydrogen-bond donors (Lipinski definition) is 2. The van der Waals surface area contributed by atoms with Crippen molar-refractivity contribution in [2.45, 2.75) is 6.54 Å². The molecule has 0 aliphatic heterocycles. The number of carbonyl (C=O) groups excluding carboxylic acids is 2. The SMILES string of the molecule is O=C(NCc1ccncc1)C(=O)N/N=C\c1ccc(Br)cc1. The Hall–Kier alpha value is -2.54. The standard InChI is InChI=1S/C15H13BrN4O2/c16-13-3-1-11(2-4-13)10-19-20-15(22)14(21)18-9-12-5-7-17-8-6-12/h1-8,10H,9H2,(H,18,21)(H,20,22)/b19-10-. The lowest BCUT2D eigenvalue weighted by Gasteiger charge is -2.03. The molecule has 0 spiro atoms. The first-order valence-electron chi connectivity index (χ1n) is 6.41. The molecular formula is C15H13BrN4O2. The predicted molar refractivity (Wildman–Crippen MR) is 86.0 cm³/mol. The van der Waals surface area contributed by atoms with Gasteiger partial charge in [-0.3, -0.25) is 14.6 Å². The molecule has 1 aromatic carbocycles. The van der Waals surface area contributed by atoms with Crippen LogP contribution in [0.2, 0.25) is 0 Å². The number of hydrazone groups is 1. The van der Waals surface area contributed by atoms with Gasteiger partial charge in [0.05, 0.1) is 6.21 Å². The summed E-state index contributed by atoms with van der Waals surface area (Å²) < 4.78 is 0.948. The van der Waals surface area contributed by atoms with Gasteiger partial charge >= 0.3 is 11.8 Å². The maximum Gasteiger partial charge on any atom is 0.329 e. The number of nitrogens with one attached hydrogen (secondary N) is 2. The molecule has 112 valence electrons. The molecule has 1 heterocycles. The highest BCUT2D eigenvalue weighted by atomic mass is 79.9. The zero-order valence-corrected chi connectivity index (χ0v) is 13.1. The van der Waals surface area contributed by atoms with Crippen molar-refractivity contribution in [3.63, 3.8) is 0 Å². The average Bonchev–Trinajstić information content (AvgIpc) is 2.55. The molecule has 0 radical (unpaired) electrons. The molecule has 1 aromatic heterocycles. The van der Waals surface area contributed by atoms with Crippen molar-refractivity contribution < 1.29 is 9.59 Å². The zero-order valence-electron chi connectivity index (χ0n) is 11.5. The molecule has 0 aliphatic carbocycles.